The maximum Gasteiger partial charge on any atom is 0.269 e. The van der Waals surface area contributed by atoms with Crippen molar-refractivity contribution < 1.29 is 4.79 Å². The summed E-state index contributed by atoms with van der Waals surface area (Å²) >= 11 is 0. The summed E-state index contributed by atoms with van der Waals surface area (Å²) in [6, 6.07) is 10.8. The monoisotopic (exact) mass is 346 g/mol. The summed E-state index contributed by atoms with van der Waals surface area (Å²) in [7, 11) is 0. The highest BCUT2D eigenvalue weighted by atomic mass is 16.2. The van der Waals surface area contributed by atoms with Gasteiger partial charge in [0.1, 0.15) is 18.3 Å². The van der Waals surface area contributed by atoms with E-state index in [1.165, 1.54) is 18.7 Å². The van der Waals surface area contributed by atoms with E-state index in [-0.39, 0.29) is 17.4 Å². The summed E-state index contributed by atoms with van der Waals surface area (Å²) in [5.41, 5.74) is 13.9. The SMILES string of the molecule is Nc1c(NNC(=O)c2ccncc2)ncnc1-n1cnc2ccccc21. The lowest BCUT2D eigenvalue weighted by molar-refractivity contribution is 0.0962. The van der Waals surface area contributed by atoms with Gasteiger partial charge in [-0.3, -0.25) is 25.2 Å². The highest BCUT2D eigenvalue weighted by Gasteiger charge is 2.13. The third-order valence-corrected chi connectivity index (χ3v) is 3.78. The molecule has 1 amide bonds. The Balaban J connectivity index is 1.61. The third-order valence-electron chi connectivity index (χ3n) is 3.78. The molecule has 0 radical (unpaired) electrons. The van der Waals surface area contributed by atoms with Crippen molar-refractivity contribution in [2.24, 2.45) is 0 Å². The highest BCUT2D eigenvalue weighted by Crippen LogP contribution is 2.24. The van der Waals surface area contributed by atoms with Gasteiger partial charge >= 0.3 is 0 Å². The second-order valence-corrected chi connectivity index (χ2v) is 5.38. The van der Waals surface area contributed by atoms with E-state index in [0.29, 0.717) is 11.4 Å². The number of anilines is 2. The number of carbonyl (C=O) groups excluding carboxylic acids is 1. The fourth-order valence-corrected chi connectivity index (χ4v) is 2.50. The van der Waals surface area contributed by atoms with E-state index >= 15 is 0 Å². The van der Waals surface area contributed by atoms with E-state index in [4.69, 9.17) is 5.73 Å². The van der Waals surface area contributed by atoms with Crippen molar-refractivity contribution in [1.82, 2.24) is 29.9 Å². The highest BCUT2D eigenvalue weighted by molar-refractivity contribution is 5.95. The summed E-state index contributed by atoms with van der Waals surface area (Å²) in [5.74, 6) is 0.421. The average Bonchev–Trinajstić information content (AvgIpc) is 3.11. The minimum Gasteiger partial charge on any atom is -0.393 e. The Morgan fingerprint density at radius 3 is 2.69 bits per heavy atom. The molecular weight excluding hydrogens is 332 g/mol. The van der Waals surface area contributed by atoms with Gasteiger partial charge in [0.2, 0.25) is 0 Å². The van der Waals surface area contributed by atoms with Gasteiger partial charge in [-0.1, -0.05) is 12.1 Å². The Bertz CT molecular complexity index is 1080. The second kappa shape index (κ2) is 6.48. The number of para-hydroxylation sites is 2. The maximum absolute atomic E-state index is 12.1. The molecule has 128 valence electrons. The van der Waals surface area contributed by atoms with E-state index in [2.05, 4.69) is 30.8 Å². The van der Waals surface area contributed by atoms with Crippen LogP contribution in [0, 0.1) is 0 Å². The van der Waals surface area contributed by atoms with Crippen LogP contribution in [0.15, 0.2) is 61.4 Å². The number of hydrogen-bond acceptors (Lipinski definition) is 7. The largest absolute Gasteiger partial charge is 0.393 e. The Kier molecular flexibility index (Phi) is 3.86. The molecule has 0 fully saturated rings. The standard InChI is InChI=1S/C17H14N8O/c18-14-15(23-24-17(26)11-5-7-19-8-6-11)20-9-21-16(14)25-10-22-12-3-1-2-4-13(12)25/h1-10H,18H2,(H,24,26)(H,20,21,23). The van der Waals surface area contributed by atoms with Gasteiger partial charge in [0.15, 0.2) is 11.6 Å². The Labute approximate surface area is 147 Å². The first-order valence-electron chi connectivity index (χ1n) is 7.73. The van der Waals surface area contributed by atoms with Gasteiger partial charge in [-0.25, -0.2) is 15.0 Å². The molecule has 26 heavy (non-hydrogen) atoms. The number of pyridine rings is 1. The number of nitrogen functional groups attached to an aromatic ring is 1. The number of nitrogens with two attached hydrogens (primary N) is 1. The van der Waals surface area contributed by atoms with Crippen LogP contribution < -0.4 is 16.6 Å². The van der Waals surface area contributed by atoms with E-state index in [1.807, 2.05) is 24.3 Å². The van der Waals surface area contributed by atoms with Crippen LogP contribution in [0.4, 0.5) is 11.5 Å². The number of hydrazine groups is 1. The van der Waals surface area contributed by atoms with Crippen molar-refractivity contribution in [1.29, 1.82) is 0 Å². The topological polar surface area (TPSA) is 124 Å². The number of amides is 1. The van der Waals surface area contributed by atoms with Crippen LogP contribution in [0.2, 0.25) is 0 Å². The molecule has 0 bridgehead atoms. The molecular formula is C17H14N8O. The molecule has 9 heteroatoms. The predicted octanol–water partition coefficient (Wildman–Crippen LogP) is 1.55. The first-order valence-corrected chi connectivity index (χ1v) is 7.73. The van der Waals surface area contributed by atoms with Gasteiger partial charge in [0, 0.05) is 18.0 Å². The molecule has 0 aliphatic rings. The second-order valence-electron chi connectivity index (χ2n) is 5.38. The van der Waals surface area contributed by atoms with Crippen molar-refractivity contribution in [3.63, 3.8) is 0 Å². The normalized spacial score (nSPS) is 10.6. The molecule has 0 atom stereocenters. The van der Waals surface area contributed by atoms with Crippen molar-refractivity contribution in [2.45, 2.75) is 0 Å². The summed E-state index contributed by atoms with van der Waals surface area (Å²) in [6.45, 7) is 0. The van der Waals surface area contributed by atoms with Gasteiger partial charge in [-0.2, -0.15) is 0 Å². The third kappa shape index (κ3) is 2.77. The number of fused-ring (bicyclic) bond motifs is 1. The van der Waals surface area contributed by atoms with Gasteiger partial charge < -0.3 is 5.73 Å². The number of carbonyl (C=O) groups is 1. The van der Waals surface area contributed by atoms with Crippen LogP contribution in [0.5, 0.6) is 0 Å². The molecule has 4 rings (SSSR count). The molecule has 3 heterocycles. The zero-order chi connectivity index (χ0) is 17.9. The van der Waals surface area contributed by atoms with E-state index in [1.54, 1.807) is 23.0 Å². The minimum atomic E-state index is -0.333. The molecule has 9 nitrogen and oxygen atoms in total. The van der Waals surface area contributed by atoms with Gasteiger partial charge in [0.05, 0.1) is 11.0 Å². The lowest BCUT2D eigenvalue weighted by Crippen LogP contribution is -2.30. The van der Waals surface area contributed by atoms with Crippen LogP contribution in [0.25, 0.3) is 16.9 Å². The molecule has 1 aromatic carbocycles. The van der Waals surface area contributed by atoms with Crippen LogP contribution >= 0.6 is 0 Å². The number of nitrogens with zero attached hydrogens (tertiary/aromatic N) is 5. The number of nitrogens with one attached hydrogen (secondary N) is 2. The summed E-state index contributed by atoms with van der Waals surface area (Å²) in [5, 5.41) is 0. The molecule has 4 aromatic rings. The molecule has 3 aromatic heterocycles. The Morgan fingerprint density at radius 2 is 1.85 bits per heavy atom. The fourth-order valence-electron chi connectivity index (χ4n) is 2.50. The molecule has 0 aliphatic carbocycles. The van der Waals surface area contributed by atoms with Crippen molar-refractivity contribution >= 4 is 28.4 Å². The minimum absolute atomic E-state index is 0.283. The van der Waals surface area contributed by atoms with Gasteiger partial charge in [0.25, 0.3) is 5.91 Å². The summed E-state index contributed by atoms with van der Waals surface area (Å²) in [4.78, 5) is 28.7. The molecule has 0 saturated heterocycles. The number of hydrogen-bond donors (Lipinski definition) is 3. The number of imidazole rings is 1. The lowest BCUT2D eigenvalue weighted by Gasteiger charge is -2.12. The molecule has 0 unspecified atom stereocenters. The molecule has 4 N–H and O–H groups in total. The average molecular weight is 346 g/mol. The first-order chi connectivity index (χ1) is 12.7. The smallest absolute Gasteiger partial charge is 0.269 e. The van der Waals surface area contributed by atoms with Gasteiger partial charge in [-0.05, 0) is 24.3 Å². The number of rotatable bonds is 4. The molecule has 0 spiro atoms. The zero-order valence-corrected chi connectivity index (χ0v) is 13.5. The van der Waals surface area contributed by atoms with E-state index < -0.39 is 0 Å². The van der Waals surface area contributed by atoms with Crippen molar-refractivity contribution in [3.8, 4) is 5.82 Å². The van der Waals surface area contributed by atoms with Crippen LogP contribution in [0.3, 0.4) is 0 Å². The van der Waals surface area contributed by atoms with Crippen LogP contribution in [-0.2, 0) is 0 Å². The Morgan fingerprint density at radius 1 is 1.04 bits per heavy atom. The number of aromatic nitrogens is 5. The van der Waals surface area contributed by atoms with Crippen molar-refractivity contribution in [2.75, 3.05) is 11.2 Å². The lowest BCUT2D eigenvalue weighted by atomic mass is 10.3. The van der Waals surface area contributed by atoms with Gasteiger partial charge in [-0.15, -0.1) is 0 Å². The first kappa shape index (κ1) is 15.5. The fraction of sp³-hybridized carbons (Fsp3) is 0. The number of benzene rings is 1. The van der Waals surface area contributed by atoms with Crippen LogP contribution in [-0.4, -0.2) is 30.4 Å². The zero-order valence-electron chi connectivity index (χ0n) is 13.5. The van der Waals surface area contributed by atoms with E-state index in [0.717, 1.165) is 11.0 Å². The summed E-state index contributed by atoms with van der Waals surface area (Å²) in [6.07, 6.45) is 6.08. The van der Waals surface area contributed by atoms with E-state index in [9.17, 15) is 4.79 Å². The summed E-state index contributed by atoms with van der Waals surface area (Å²) < 4.78 is 1.77. The van der Waals surface area contributed by atoms with Crippen molar-refractivity contribution in [3.05, 3.63) is 67.0 Å². The molecule has 0 aliphatic heterocycles. The van der Waals surface area contributed by atoms with Crippen LogP contribution in [0.1, 0.15) is 10.4 Å². The maximum atomic E-state index is 12.1. The Hall–Kier alpha value is -4.01. The molecule has 0 saturated carbocycles. The predicted molar refractivity (Wildman–Crippen MR) is 96.4 cm³/mol. The quantitative estimate of drug-likeness (QED) is 0.479.